The summed E-state index contributed by atoms with van der Waals surface area (Å²) in [6, 6.07) is 14.2. The van der Waals surface area contributed by atoms with Crippen molar-refractivity contribution in [2.24, 2.45) is 0 Å². The average Bonchev–Trinajstić information content (AvgIpc) is 2.50. The van der Waals surface area contributed by atoms with Gasteiger partial charge in [-0.05, 0) is 31.2 Å². The van der Waals surface area contributed by atoms with Gasteiger partial charge in [-0.15, -0.1) is 0 Å². The molecule has 5 heteroatoms. The summed E-state index contributed by atoms with van der Waals surface area (Å²) in [6.07, 6.45) is -0.620. The topological polar surface area (TPSA) is 67.4 Å². The standard InChI is InChI=1S/C16H16N2O3/c1-11-7-9-12(10-8-11)17-15(19)13-5-3-4-6-14(13)18-16(20)21-2/h3-10H,1-2H3,(H,17,19)(H,18,20). The minimum atomic E-state index is -0.620. The van der Waals surface area contributed by atoms with E-state index in [0.717, 1.165) is 5.56 Å². The van der Waals surface area contributed by atoms with Crippen LogP contribution in [0.25, 0.3) is 0 Å². The van der Waals surface area contributed by atoms with E-state index in [-0.39, 0.29) is 5.91 Å². The van der Waals surface area contributed by atoms with E-state index < -0.39 is 6.09 Å². The minimum Gasteiger partial charge on any atom is -0.453 e. The lowest BCUT2D eigenvalue weighted by Gasteiger charge is -2.10. The quantitative estimate of drug-likeness (QED) is 0.907. The Morgan fingerprint density at radius 2 is 1.62 bits per heavy atom. The van der Waals surface area contributed by atoms with Crippen LogP contribution in [0.2, 0.25) is 0 Å². The maximum atomic E-state index is 12.3. The van der Waals surface area contributed by atoms with Gasteiger partial charge in [0.1, 0.15) is 0 Å². The molecule has 0 bridgehead atoms. The molecule has 0 aliphatic rings. The number of amides is 2. The van der Waals surface area contributed by atoms with E-state index in [4.69, 9.17) is 0 Å². The van der Waals surface area contributed by atoms with Crippen molar-refractivity contribution in [1.82, 2.24) is 0 Å². The molecule has 2 rings (SSSR count). The Labute approximate surface area is 122 Å². The van der Waals surface area contributed by atoms with Gasteiger partial charge in [0, 0.05) is 5.69 Å². The number of carbonyl (C=O) groups is 2. The molecule has 0 aromatic heterocycles. The maximum Gasteiger partial charge on any atom is 0.411 e. The van der Waals surface area contributed by atoms with Gasteiger partial charge < -0.3 is 10.1 Å². The zero-order chi connectivity index (χ0) is 15.2. The lowest BCUT2D eigenvalue weighted by atomic mass is 10.1. The van der Waals surface area contributed by atoms with Crippen molar-refractivity contribution in [2.45, 2.75) is 6.92 Å². The summed E-state index contributed by atoms with van der Waals surface area (Å²) in [5, 5.41) is 5.30. The van der Waals surface area contributed by atoms with Crippen LogP contribution in [0.15, 0.2) is 48.5 Å². The summed E-state index contributed by atoms with van der Waals surface area (Å²) >= 11 is 0. The first-order chi connectivity index (χ1) is 10.1. The van der Waals surface area contributed by atoms with Crippen molar-refractivity contribution in [2.75, 3.05) is 17.7 Å². The average molecular weight is 284 g/mol. The van der Waals surface area contributed by atoms with Gasteiger partial charge in [0.05, 0.1) is 18.4 Å². The predicted molar refractivity (Wildman–Crippen MR) is 81.6 cm³/mol. The third kappa shape index (κ3) is 3.82. The second-order valence-electron chi connectivity index (χ2n) is 4.48. The number of aryl methyl sites for hydroxylation is 1. The van der Waals surface area contributed by atoms with Crippen LogP contribution in [0, 0.1) is 6.92 Å². The Balaban J connectivity index is 2.18. The molecule has 2 N–H and O–H groups in total. The molecule has 0 spiro atoms. The van der Waals surface area contributed by atoms with Gasteiger partial charge in [-0.25, -0.2) is 4.79 Å². The zero-order valence-corrected chi connectivity index (χ0v) is 11.8. The number of methoxy groups -OCH3 is 1. The van der Waals surface area contributed by atoms with Crippen LogP contribution < -0.4 is 10.6 Å². The largest absolute Gasteiger partial charge is 0.453 e. The number of nitrogens with one attached hydrogen (secondary N) is 2. The van der Waals surface area contributed by atoms with Crippen LogP contribution >= 0.6 is 0 Å². The molecule has 0 atom stereocenters. The van der Waals surface area contributed by atoms with Crippen molar-refractivity contribution >= 4 is 23.4 Å². The molecule has 0 saturated heterocycles. The highest BCUT2D eigenvalue weighted by atomic mass is 16.5. The minimum absolute atomic E-state index is 0.300. The van der Waals surface area contributed by atoms with Crippen molar-refractivity contribution in [3.63, 3.8) is 0 Å². The highest BCUT2D eigenvalue weighted by Crippen LogP contribution is 2.18. The van der Waals surface area contributed by atoms with Crippen LogP contribution in [0.5, 0.6) is 0 Å². The Morgan fingerprint density at radius 1 is 0.952 bits per heavy atom. The Bertz CT molecular complexity index is 651. The summed E-state index contributed by atoms with van der Waals surface area (Å²) in [5.74, 6) is -0.300. The van der Waals surface area contributed by atoms with Crippen molar-refractivity contribution in [1.29, 1.82) is 0 Å². The summed E-state index contributed by atoms with van der Waals surface area (Å²) in [5.41, 5.74) is 2.57. The van der Waals surface area contributed by atoms with Gasteiger partial charge in [-0.2, -0.15) is 0 Å². The third-order valence-corrected chi connectivity index (χ3v) is 2.90. The highest BCUT2D eigenvalue weighted by Gasteiger charge is 2.13. The lowest BCUT2D eigenvalue weighted by Crippen LogP contribution is -2.18. The van der Waals surface area contributed by atoms with E-state index in [0.29, 0.717) is 16.9 Å². The third-order valence-electron chi connectivity index (χ3n) is 2.90. The molecule has 2 aromatic rings. The maximum absolute atomic E-state index is 12.3. The SMILES string of the molecule is COC(=O)Nc1ccccc1C(=O)Nc1ccc(C)cc1. The molecule has 0 saturated carbocycles. The zero-order valence-electron chi connectivity index (χ0n) is 11.8. The van der Waals surface area contributed by atoms with E-state index in [1.807, 2.05) is 31.2 Å². The molecule has 0 heterocycles. The predicted octanol–water partition coefficient (Wildman–Crippen LogP) is 3.43. The number of hydrogen-bond donors (Lipinski definition) is 2. The first-order valence-electron chi connectivity index (χ1n) is 6.42. The van der Waals surface area contributed by atoms with Crippen LogP contribution in [0.1, 0.15) is 15.9 Å². The van der Waals surface area contributed by atoms with E-state index in [2.05, 4.69) is 15.4 Å². The molecule has 5 nitrogen and oxygen atoms in total. The number of rotatable bonds is 3. The first kappa shape index (κ1) is 14.6. The molecule has 0 radical (unpaired) electrons. The molecule has 2 aromatic carbocycles. The van der Waals surface area contributed by atoms with Crippen molar-refractivity contribution in [3.8, 4) is 0 Å². The van der Waals surface area contributed by atoms with Crippen LogP contribution in [0.3, 0.4) is 0 Å². The molecule has 0 fully saturated rings. The Morgan fingerprint density at radius 3 is 2.29 bits per heavy atom. The number of anilines is 2. The second kappa shape index (κ2) is 6.56. The fourth-order valence-corrected chi connectivity index (χ4v) is 1.79. The fourth-order valence-electron chi connectivity index (χ4n) is 1.79. The van der Waals surface area contributed by atoms with Gasteiger partial charge in [0.25, 0.3) is 5.91 Å². The lowest BCUT2D eigenvalue weighted by molar-refractivity contribution is 0.102. The smallest absolute Gasteiger partial charge is 0.411 e. The molecule has 0 unspecified atom stereocenters. The molecule has 0 aliphatic carbocycles. The van der Waals surface area contributed by atoms with Crippen LogP contribution in [-0.2, 0) is 4.74 Å². The van der Waals surface area contributed by atoms with Crippen molar-refractivity contribution < 1.29 is 14.3 Å². The van der Waals surface area contributed by atoms with E-state index in [9.17, 15) is 9.59 Å². The molecule has 108 valence electrons. The molecular weight excluding hydrogens is 268 g/mol. The van der Waals surface area contributed by atoms with Crippen LogP contribution in [0.4, 0.5) is 16.2 Å². The Hall–Kier alpha value is -2.82. The fraction of sp³-hybridized carbons (Fsp3) is 0.125. The summed E-state index contributed by atoms with van der Waals surface area (Å²) < 4.78 is 4.54. The highest BCUT2D eigenvalue weighted by molar-refractivity contribution is 6.09. The molecule has 0 aliphatic heterocycles. The van der Waals surface area contributed by atoms with Gasteiger partial charge >= 0.3 is 6.09 Å². The number of carbonyl (C=O) groups excluding carboxylic acids is 2. The molecule has 21 heavy (non-hydrogen) atoms. The first-order valence-corrected chi connectivity index (χ1v) is 6.42. The number of benzene rings is 2. The summed E-state index contributed by atoms with van der Waals surface area (Å²) in [7, 11) is 1.27. The Kier molecular flexibility index (Phi) is 4.56. The molecule has 2 amide bonds. The summed E-state index contributed by atoms with van der Waals surface area (Å²) in [4.78, 5) is 23.6. The molecular formula is C16H16N2O3. The van der Waals surface area contributed by atoms with Gasteiger partial charge in [0.2, 0.25) is 0 Å². The number of para-hydroxylation sites is 1. The monoisotopic (exact) mass is 284 g/mol. The second-order valence-corrected chi connectivity index (χ2v) is 4.48. The van der Waals surface area contributed by atoms with Crippen molar-refractivity contribution in [3.05, 3.63) is 59.7 Å². The summed E-state index contributed by atoms with van der Waals surface area (Å²) in [6.45, 7) is 1.97. The van der Waals surface area contributed by atoms with E-state index in [1.165, 1.54) is 7.11 Å². The van der Waals surface area contributed by atoms with Crippen LogP contribution in [-0.4, -0.2) is 19.1 Å². The van der Waals surface area contributed by atoms with E-state index >= 15 is 0 Å². The normalized spacial score (nSPS) is 9.81. The van der Waals surface area contributed by atoms with Gasteiger partial charge in [0.15, 0.2) is 0 Å². The number of ether oxygens (including phenoxy) is 1. The number of hydrogen-bond acceptors (Lipinski definition) is 3. The van der Waals surface area contributed by atoms with Gasteiger partial charge in [-0.3, -0.25) is 10.1 Å². The van der Waals surface area contributed by atoms with E-state index in [1.54, 1.807) is 24.3 Å². The van der Waals surface area contributed by atoms with Gasteiger partial charge in [-0.1, -0.05) is 29.8 Å².